The Morgan fingerprint density at radius 1 is 0.913 bits per heavy atom. The van der Waals surface area contributed by atoms with Crippen LogP contribution < -0.4 is 0 Å². The molecule has 1 atom stereocenters. The zero-order valence-corrected chi connectivity index (χ0v) is 13.3. The molecular weight excluding hydrogens is 308 g/mol. The molecule has 2 aromatic carbocycles. The molecule has 23 heavy (non-hydrogen) atoms. The standard InChI is InChI=1S/C19H16O3S/c20-15-10-11-19(23(21,22)16-7-2-1-3-8-16)13-14-6-4-5-9-17(14)18(19)12-15/h1-9,12H,10-11,13H2. The van der Waals surface area contributed by atoms with Gasteiger partial charge in [0.05, 0.1) is 4.90 Å². The SMILES string of the molecule is O=C1C=C2c3ccccc3CC2(S(=O)(=O)c2ccccc2)CC1. The first-order valence-corrected chi connectivity index (χ1v) is 9.16. The van der Waals surface area contributed by atoms with Crippen LogP contribution >= 0.6 is 0 Å². The summed E-state index contributed by atoms with van der Waals surface area (Å²) in [7, 11) is -3.57. The van der Waals surface area contributed by atoms with Crippen LogP contribution in [0.25, 0.3) is 5.57 Å². The zero-order valence-electron chi connectivity index (χ0n) is 12.5. The summed E-state index contributed by atoms with van der Waals surface area (Å²) in [6, 6.07) is 16.3. The van der Waals surface area contributed by atoms with Crippen molar-refractivity contribution in [1.29, 1.82) is 0 Å². The van der Waals surface area contributed by atoms with Gasteiger partial charge < -0.3 is 0 Å². The zero-order chi connectivity index (χ0) is 16.1. The van der Waals surface area contributed by atoms with E-state index in [1.165, 1.54) is 0 Å². The number of carbonyl (C=O) groups is 1. The summed E-state index contributed by atoms with van der Waals surface area (Å²) in [6.07, 6.45) is 2.63. The summed E-state index contributed by atoms with van der Waals surface area (Å²) in [4.78, 5) is 12.3. The van der Waals surface area contributed by atoms with Crippen molar-refractivity contribution in [2.75, 3.05) is 0 Å². The third-order valence-corrected chi connectivity index (χ3v) is 7.41. The van der Waals surface area contributed by atoms with Gasteiger partial charge >= 0.3 is 0 Å². The Hall–Kier alpha value is -2.20. The summed E-state index contributed by atoms with van der Waals surface area (Å²) in [5.74, 6) is 0.00981. The fourth-order valence-electron chi connectivity index (χ4n) is 3.78. The highest BCUT2D eigenvalue weighted by atomic mass is 32.2. The van der Waals surface area contributed by atoms with Gasteiger partial charge in [0.15, 0.2) is 15.6 Å². The van der Waals surface area contributed by atoms with Gasteiger partial charge in [-0.1, -0.05) is 42.5 Å². The number of hydrogen-bond acceptors (Lipinski definition) is 3. The van der Waals surface area contributed by atoms with Crippen LogP contribution in [-0.2, 0) is 21.1 Å². The molecular formula is C19H16O3S. The van der Waals surface area contributed by atoms with Crippen LogP contribution in [-0.4, -0.2) is 18.9 Å². The first-order valence-electron chi connectivity index (χ1n) is 7.68. The maximum Gasteiger partial charge on any atom is 0.188 e. The number of fused-ring (bicyclic) bond motifs is 3. The first kappa shape index (κ1) is 14.4. The van der Waals surface area contributed by atoms with E-state index < -0.39 is 14.6 Å². The largest absolute Gasteiger partial charge is 0.295 e. The lowest BCUT2D eigenvalue weighted by Gasteiger charge is -2.33. The minimum absolute atomic E-state index is 0.00981. The number of ketones is 1. The molecule has 0 spiro atoms. The summed E-state index contributed by atoms with van der Waals surface area (Å²) in [5.41, 5.74) is 2.58. The molecule has 4 rings (SSSR count). The van der Waals surface area contributed by atoms with Gasteiger partial charge in [-0.2, -0.15) is 0 Å². The predicted molar refractivity (Wildman–Crippen MR) is 88.7 cm³/mol. The van der Waals surface area contributed by atoms with Crippen molar-refractivity contribution in [3.63, 3.8) is 0 Å². The Labute approximate surface area is 135 Å². The summed E-state index contributed by atoms with van der Waals surface area (Å²) in [5, 5.41) is 0. The highest BCUT2D eigenvalue weighted by molar-refractivity contribution is 7.93. The van der Waals surface area contributed by atoms with Crippen molar-refractivity contribution < 1.29 is 13.2 Å². The summed E-state index contributed by atoms with van der Waals surface area (Å²) < 4.78 is 25.8. The van der Waals surface area contributed by atoms with Crippen LogP contribution in [0.3, 0.4) is 0 Å². The van der Waals surface area contributed by atoms with Gasteiger partial charge in [-0.05, 0) is 47.8 Å². The van der Waals surface area contributed by atoms with Gasteiger partial charge in [-0.15, -0.1) is 0 Å². The highest BCUT2D eigenvalue weighted by Crippen LogP contribution is 2.51. The third-order valence-electron chi connectivity index (χ3n) is 4.92. The maximum atomic E-state index is 13.4. The van der Waals surface area contributed by atoms with Gasteiger partial charge in [0.25, 0.3) is 0 Å². The summed E-state index contributed by atoms with van der Waals surface area (Å²) >= 11 is 0. The molecule has 0 aromatic heterocycles. The molecule has 116 valence electrons. The van der Waals surface area contributed by atoms with E-state index in [9.17, 15) is 13.2 Å². The van der Waals surface area contributed by atoms with Gasteiger partial charge in [-0.3, -0.25) is 4.79 Å². The first-order chi connectivity index (χ1) is 11.0. The second kappa shape index (κ2) is 4.90. The number of carbonyl (C=O) groups excluding carboxylic acids is 1. The Kier molecular flexibility index (Phi) is 3.07. The average molecular weight is 324 g/mol. The molecule has 0 fully saturated rings. The van der Waals surface area contributed by atoms with Crippen molar-refractivity contribution in [1.82, 2.24) is 0 Å². The molecule has 2 aliphatic carbocycles. The fraction of sp³-hybridized carbons (Fsp3) is 0.211. The molecule has 0 saturated heterocycles. The molecule has 1 unspecified atom stereocenters. The Balaban J connectivity index is 1.97. The molecule has 2 aromatic rings. The number of sulfone groups is 1. The van der Waals surface area contributed by atoms with E-state index in [1.54, 1.807) is 36.4 Å². The Morgan fingerprint density at radius 2 is 1.61 bits per heavy atom. The normalized spacial score (nSPS) is 23.1. The second-order valence-electron chi connectivity index (χ2n) is 6.17. The summed E-state index contributed by atoms with van der Waals surface area (Å²) in [6.45, 7) is 0. The second-order valence-corrected chi connectivity index (χ2v) is 8.43. The molecule has 0 radical (unpaired) electrons. The minimum Gasteiger partial charge on any atom is -0.295 e. The van der Waals surface area contributed by atoms with Gasteiger partial charge in [0.2, 0.25) is 0 Å². The topological polar surface area (TPSA) is 51.2 Å². The highest BCUT2D eigenvalue weighted by Gasteiger charge is 2.53. The molecule has 0 N–H and O–H groups in total. The molecule has 3 nitrogen and oxygen atoms in total. The van der Waals surface area contributed by atoms with Crippen molar-refractivity contribution in [3.8, 4) is 0 Å². The molecule has 0 aliphatic heterocycles. The fourth-order valence-corrected chi connectivity index (χ4v) is 5.92. The monoisotopic (exact) mass is 324 g/mol. The molecule has 0 heterocycles. The minimum atomic E-state index is -3.57. The Morgan fingerprint density at radius 3 is 2.39 bits per heavy atom. The van der Waals surface area contributed by atoms with E-state index in [0.717, 1.165) is 11.1 Å². The molecule has 4 heteroatoms. The molecule has 0 amide bonds. The lowest BCUT2D eigenvalue weighted by molar-refractivity contribution is -0.115. The van der Waals surface area contributed by atoms with Crippen molar-refractivity contribution in [2.24, 2.45) is 0 Å². The number of allylic oxidation sites excluding steroid dienone is 1. The number of hydrogen-bond donors (Lipinski definition) is 0. The lowest BCUT2D eigenvalue weighted by atomic mass is 9.87. The van der Waals surface area contributed by atoms with Crippen LogP contribution in [0.2, 0.25) is 0 Å². The van der Waals surface area contributed by atoms with E-state index >= 15 is 0 Å². The van der Waals surface area contributed by atoms with Crippen LogP contribution in [0.5, 0.6) is 0 Å². The van der Waals surface area contributed by atoms with Crippen LogP contribution in [0.15, 0.2) is 65.6 Å². The van der Waals surface area contributed by atoms with E-state index in [1.807, 2.05) is 24.3 Å². The van der Waals surface area contributed by atoms with Gasteiger partial charge in [0.1, 0.15) is 4.75 Å². The number of rotatable bonds is 2. The van der Waals surface area contributed by atoms with Crippen molar-refractivity contribution in [3.05, 3.63) is 71.8 Å². The Bertz CT molecular complexity index is 926. The van der Waals surface area contributed by atoms with E-state index in [4.69, 9.17) is 0 Å². The molecule has 2 aliphatic rings. The maximum absolute atomic E-state index is 13.4. The average Bonchev–Trinajstić information content (AvgIpc) is 2.91. The van der Waals surface area contributed by atoms with E-state index in [0.29, 0.717) is 23.3 Å². The molecule has 0 saturated carbocycles. The van der Waals surface area contributed by atoms with Crippen LogP contribution in [0.1, 0.15) is 24.0 Å². The lowest BCUT2D eigenvalue weighted by Crippen LogP contribution is -2.41. The van der Waals surface area contributed by atoms with Gasteiger partial charge in [-0.25, -0.2) is 8.42 Å². The van der Waals surface area contributed by atoms with E-state index in [-0.39, 0.29) is 12.2 Å². The number of benzene rings is 2. The quantitative estimate of drug-likeness (QED) is 0.852. The third kappa shape index (κ3) is 1.94. The van der Waals surface area contributed by atoms with Gasteiger partial charge in [0, 0.05) is 6.42 Å². The molecule has 0 bridgehead atoms. The van der Waals surface area contributed by atoms with Crippen molar-refractivity contribution >= 4 is 21.2 Å². The smallest absolute Gasteiger partial charge is 0.188 e. The van der Waals surface area contributed by atoms with E-state index in [2.05, 4.69) is 0 Å². The predicted octanol–water partition coefficient (Wildman–Crippen LogP) is 3.20. The van der Waals surface area contributed by atoms with Crippen LogP contribution in [0.4, 0.5) is 0 Å². The van der Waals surface area contributed by atoms with Crippen LogP contribution in [0, 0.1) is 0 Å². The van der Waals surface area contributed by atoms with Crippen molar-refractivity contribution in [2.45, 2.75) is 28.9 Å².